The fourth-order valence-corrected chi connectivity index (χ4v) is 3.60. The maximum atomic E-state index is 13.2. The average Bonchev–Trinajstić information content (AvgIpc) is 3.49. The van der Waals surface area contributed by atoms with Crippen LogP contribution in [0.4, 0.5) is 10.2 Å². The zero-order chi connectivity index (χ0) is 22.3. The summed E-state index contributed by atoms with van der Waals surface area (Å²) in [5.74, 6) is -0.723. The van der Waals surface area contributed by atoms with E-state index in [2.05, 4.69) is 26.9 Å². The van der Waals surface area contributed by atoms with Crippen LogP contribution < -0.4 is 10.8 Å². The largest absolute Gasteiger partial charge is 0.310 e. The van der Waals surface area contributed by atoms with E-state index in [0.717, 1.165) is 27.6 Å². The van der Waals surface area contributed by atoms with Crippen molar-refractivity contribution in [3.63, 3.8) is 0 Å². The van der Waals surface area contributed by atoms with Gasteiger partial charge in [-0.1, -0.05) is 6.58 Å². The molecular formula is C23H22FN5O2. The van der Waals surface area contributed by atoms with Crippen LogP contribution in [0.1, 0.15) is 29.4 Å². The molecule has 0 bridgehead atoms. The highest BCUT2D eigenvalue weighted by molar-refractivity contribution is 5.96. The normalized spacial score (nSPS) is 18.1. The number of alkyl halides is 1. The quantitative estimate of drug-likeness (QED) is 0.641. The molecule has 1 N–H and O–H groups in total. The van der Waals surface area contributed by atoms with Crippen molar-refractivity contribution in [2.24, 2.45) is 10.9 Å². The Morgan fingerprint density at radius 2 is 2.00 bits per heavy atom. The lowest BCUT2D eigenvalue weighted by atomic mass is 10.0. The second kappa shape index (κ2) is 7.86. The molecule has 4 rings (SSSR count). The second-order valence-electron chi connectivity index (χ2n) is 7.57. The molecule has 7 nitrogen and oxygen atoms in total. The van der Waals surface area contributed by atoms with E-state index in [9.17, 15) is 14.0 Å². The van der Waals surface area contributed by atoms with Gasteiger partial charge in [-0.25, -0.2) is 9.37 Å². The third kappa shape index (κ3) is 3.76. The second-order valence-corrected chi connectivity index (χ2v) is 7.57. The molecule has 3 heterocycles. The first-order valence-electron chi connectivity index (χ1n) is 9.87. The van der Waals surface area contributed by atoms with E-state index in [1.165, 1.54) is 6.92 Å². The van der Waals surface area contributed by atoms with Gasteiger partial charge in [0.05, 0.1) is 11.4 Å². The molecule has 0 aliphatic heterocycles. The van der Waals surface area contributed by atoms with Crippen molar-refractivity contribution in [3.05, 3.63) is 53.9 Å². The lowest BCUT2D eigenvalue weighted by molar-refractivity contribution is -0.117. The number of aryl methyl sites for hydroxylation is 1. The SMILES string of the molecule is C=Cn1c(=NC)c(-c2cnc(C(C)=O)cc2C)cc2cnc(NC(=O)C3CC3F)cc21. The van der Waals surface area contributed by atoms with Gasteiger partial charge in [-0.3, -0.25) is 19.6 Å². The zero-order valence-electron chi connectivity index (χ0n) is 17.5. The molecule has 3 aromatic heterocycles. The molecule has 0 radical (unpaired) electrons. The highest BCUT2D eigenvalue weighted by Gasteiger charge is 2.43. The van der Waals surface area contributed by atoms with E-state index >= 15 is 0 Å². The number of pyridine rings is 3. The van der Waals surface area contributed by atoms with Crippen LogP contribution in [-0.4, -0.2) is 39.4 Å². The van der Waals surface area contributed by atoms with Crippen LogP contribution in [0, 0.1) is 12.8 Å². The summed E-state index contributed by atoms with van der Waals surface area (Å²) >= 11 is 0. The Balaban J connectivity index is 1.85. The van der Waals surface area contributed by atoms with Crippen molar-refractivity contribution in [1.29, 1.82) is 0 Å². The fraction of sp³-hybridized carbons (Fsp3) is 0.261. The van der Waals surface area contributed by atoms with E-state index in [1.807, 2.05) is 13.0 Å². The molecule has 2 atom stereocenters. The summed E-state index contributed by atoms with van der Waals surface area (Å²) in [7, 11) is 1.68. The lowest BCUT2D eigenvalue weighted by Crippen LogP contribution is -2.21. The Bertz CT molecular complexity index is 1310. The maximum absolute atomic E-state index is 13.2. The van der Waals surface area contributed by atoms with Gasteiger partial charge in [0.25, 0.3) is 0 Å². The number of nitrogens with zero attached hydrogens (tertiary/aromatic N) is 4. The smallest absolute Gasteiger partial charge is 0.231 e. The van der Waals surface area contributed by atoms with Crippen LogP contribution >= 0.6 is 0 Å². The van der Waals surface area contributed by atoms with Crippen molar-refractivity contribution in [1.82, 2.24) is 14.5 Å². The molecule has 1 fully saturated rings. The standard InChI is InChI=1S/C23H22FN5O2/c1-5-29-20-9-21(28-23(31)16-8-18(16)24)27-10-14(20)7-15(22(29)25-4)17-11-26-19(13(3)30)6-12(17)2/h5-7,9-11,16,18H,1,8H2,2-4H3,(H,27,28,31). The fourth-order valence-electron chi connectivity index (χ4n) is 3.60. The molecule has 1 saturated carbocycles. The number of fused-ring (bicyclic) bond motifs is 1. The summed E-state index contributed by atoms with van der Waals surface area (Å²) in [6, 6.07) is 5.41. The predicted octanol–water partition coefficient (Wildman–Crippen LogP) is 3.54. The van der Waals surface area contributed by atoms with Gasteiger partial charge in [-0.15, -0.1) is 0 Å². The van der Waals surface area contributed by atoms with Gasteiger partial charge in [-0.05, 0) is 31.0 Å². The van der Waals surface area contributed by atoms with Gasteiger partial charge in [0, 0.05) is 55.1 Å². The minimum atomic E-state index is -1.07. The number of nitrogens with one attached hydrogen (secondary N) is 1. The molecule has 8 heteroatoms. The third-order valence-electron chi connectivity index (χ3n) is 5.40. The van der Waals surface area contributed by atoms with Crippen molar-refractivity contribution in [3.8, 4) is 11.1 Å². The van der Waals surface area contributed by atoms with Gasteiger partial charge in [0.2, 0.25) is 5.91 Å². The number of carbonyl (C=O) groups excluding carboxylic acids is 2. The first-order chi connectivity index (χ1) is 14.8. The average molecular weight is 419 g/mol. The molecule has 158 valence electrons. The van der Waals surface area contributed by atoms with Crippen LogP contribution in [0.15, 0.2) is 42.2 Å². The van der Waals surface area contributed by atoms with Crippen molar-refractivity contribution >= 4 is 34.6 Å². The zero-order valence-corrected chi connectivity index (χ0v) is 17.5. The van der Waals surface area contributed by atoms with E-state index in [0.29, 0.717) is 17.0 Å². The van der Waals surface area contributed by atoms with E-state index in [1.54, 1.807) is 42.3 Å². The number of halogens is 1. The highest BCUT2D eigenvalue weighted by Crippen LogP contribution is 2.34. The lowest BCUT2D eigenvalue weighted by Gasteiger charge is -2.15. The summed E-state index contributed by atoms with van der Waals surface area (Å²) in [6.45, 7) is 7.30. The number of amides is 1. The molecule has 2 unspecified atom stereocenters. The molecule has 3 aromatic rings. The number of hydrogen-bond donors (Lipinski definition) is 1. The summed E-state index contributed by atoms with van der Waals surface area (Å²) in [5, 5.41) is 3.47. The van der Waals surface area contributed by atoms with Crippen LogP contribution in [-0.2, 0) is 4.79 Å². The first-order valence-corrected chi connectivity index (χ1v) is 9.87. The summed E-state index contributed by atoms with van der Waals surface area (Å²) < 4.78 is 15.0. The van der Waals surface area contributed by atoms with Gasteiger partial charge in [-0.2, -0.15) is 0 Å². The van der Waals surface area contributed by atoms with E-state index in [4.69, 9.17) is 0 Å². The van der Waals surface area contributed by atoms with E-state index in [-0.39, 0.29) is 18.1 Å². The Hall–Kier alpha value is -3.68. The summed E-state index contributed by atoms with van der Waals surface area (Å²) in [4.78, 5) is 36.8. The minimum Gasteiger partial charge on any atom is -0.310 e. The number of rotatable bonds is 5. The summed E-state index contributed by atoms with van der Waals surface area (Å²) in [5.41, 5.74) is 4.32. The van der Waals surface area contributed by atoms with Crippen LogP contribution in [0.25, 0.3) is 28.2 Å². The van der Waals surface area contributed by atoms with Crippen LogP contribution in [0.3, 0.4) is 0 Å². The number of ketones is 1. The molecule has 0 spiro atoms. The van der Waals surface area contributed by atoms with Crippen molar-refractivity contribution in [2.75, 3.05) is 12.4 Å². The molecule has 0 aromatic carbocycles. The maximum Gasteiger partial charge on any atom is 0.231 e. The number of carbonyl (C=O) groups is 2. The first kappa shape index (κ1) is 20.6. The number of hydrogen-bond acceptors (Lipinski definition) is 5. The molecule has 31 heavy (non-hydrogen) atoms. The number of anilines is 1. The predicted molar refractivity (Wildman–Crippen MR) is 117 cm³/mol. The Morgan fingerprint density at radius 3 is 2.58 bits per heavy atom. The van der Waals surface area contributed by atoms with Crippen LogP contribution in [0.2, 0.25) is 0 Å². The van der Waals surface area contributed by atoms with Gasteiger partial charge >= 0.3 is 0 Å². The molecular weight excluding hydrogens is 397 g/mol. The summed E-state index contributed by atoms with van der Waals surface area (Å²) in [6.07, 6.45) is 4.12. The Kier molecular flexibility index (Phi) is 5.22. The van der Waals surface area contributed by atoms with Gasteiger partial charge < -0.3 is 9.88 Å². The van der Waals surface area contributed by atoms with Crippen LogP contribution in [0.5, 0.6) is 0 Å². The third-order valence-corrected chi connectivity index (χ3v) is 5.40. The van der Waals surface area contributed by atoms with E-state index < -0.39 is 12.1 Å². The Morgan fingerprint density at radius 1 is 1.26 bits per heavy atom. The number of Topliss-reactive ketones (excluding diaryl/α,β-unsaturated/α-hetero) is 1. The molecule has 1 aliphatic rings. The molecule has 1 amide bonds. The Labute approximate surface area is 178 Å². The molecule has 0 saturated heterocycles. The van der Waals surface area contributed by atoms with Crippen molar-refractivity contribution < 1.29 is 14.0 Å². The monoisotopic (exact) mass is 419 g/mol. The molecule has 1 aliphatic carbocycles. The number of aromatic nitrogens is 3. The van der Waals surface area contributed by atoms with Gasteiger partial charge in [0.1, 0.15) is 23.2 Å². The van der Waals surface area contributed by atoms with Gasteiger partial charge in [0.15, 0.2) is 5.78 Å². The topological polar surface area (TPSA) is 89.2 Å². The van der Waals surface area contributed by atoms with Crippen molar-refractivity contribution in [2.45, 2.75) is 26.4 Å². The highest BCUT2D eigenvalue weighted by atomic mass is 19.1. The minimum absolute atomic E-state index is 0.0984.